The Balaban J connectivity index is 1.74. The standard InChI is InChI=1S/C13H26N2O2/c1-12(15-5-9-17-10-6-15)11-14(2)13-3-7-16-8-4-13/h12-13H,3-11H2,1-2H3/t12-/m0/s1. The number of hydrogen-bond acceptors (Lipinski definition) is 4. The molecule has 0 radical (unpaired) electrons. The van der Waals surface area contributed by atoms with Crippen molar-refractivity contribution in [2.45, 2.75) is 31.8 Å². The van der Waals surface area contributed by atoms with Crippen molar-refractivity contribution >= 4 is 0 Å². The molecule has 0 spiro atoms. The van der Waals surface area contributed by atoms with Crippen molar-refractivity contribution in [1.29, 1.82) is 0 Å². The first kappa shape index (κ1) is 13.3. The Labute approximate surface area is 105 Å². The second-order valence-electron chi connectivity index (χ2n) is 5.28. The van der Waals surface area contributed by atoms with Crippen LogP contribution in [0.25, 0.3) is 0 Å². The summed E-state index contributed by atoms with van der Waals surface area (Å²) in [5, 5.41) is 0. The second-order valence-corrected chi connectivity index (χ2v) is 5.28. The second kappa shape index (κ2) is 6.69. The lowest BCUT2D eigenvalue weighted by atomic mass is 10.1. The lowest BCUT2D eigenvalue weighted by molar-refractivity contribution is 0.00106. The molecule has 2 rings (SSSR count). The van der Waals surface area contributed by atoms with Crippen LogP contribution in [0.15, 0.2) is 0 Å². The van der Waals surface area contributed by atoms with Crippen LogP contribution in [0.1, 0.15) is 19.8 Å². The molecule has 2 aliphatic heterocycles. The van der Waals surface area contributed by atoms with Crippen LogP contribution in [0.3, 0.4) is 0 Å². The molecule has 0 N–H and O–H groups in total. The van der Waals surface area contributed by atoms with Crippen molar-refractivity contribution in [3.63, 3.8) is 0 Å². The minimum Gasteiger partial charge on any atom is -0.381 e. The zero-order valence-corrected chi connectivity index (χ0v) is 11.2. The lowest BCUT2D eigenvalue weighted by Crippen LogP contribution is -2.49. The third kappa shape index (κ3) is 3.91. The highest BCUT2D eigenvalue weighted by molar-refractivity contribution is 4.78. The molecule has 0 aliphatic carbocycles. The number of morpholine rings is 1. The zero-order chi connectivity index (χ0) is 12.1. The van der Waals surface area contributed by atoms with Crippen LogP contribution in [0.5, 0.6) is 0 Å². The van der Waals surface area contributed by atoms with E-state index < -0.39 is 0 Å². The topological polar surface area (TPSA) is 24.9 Å². The van der Waals surface area contributed by atoms with Gasteiger partial charge in [0.15, 0.2) is 0 Å². The molecule has 0 unspecified atom stereocenters. The quantitative estimate of drug-likeness (QED) is 0.728. The Bertz CT molecular complexity index is 191. The summed E-state index contributed by atoms with van der Waals surface area (Å²) in [5.74, 6) is 0. The van der Waals surface area contributed by atoms with Crippen molar-refractivity contribution in [2.75, 3.05) is 53.1 Å². The fraction of sp³-hybridized carbons (Fsp3) is 1.00. The van der Waals surface area contributed by atoms with Crippen molar-refractivity contribution in [3.8, 4) is 0 Å². The van der Waals surface area contributed by atoms with E-state index in [1.807, 2.05) is 0 Å². The fourth-order valence-electron chi connectivity index (χ4n) is 2.83. The number of rotatable bonds is 4. The summed E-state index contributed by atoms with van der Waals surface area (Å²) >= 11 is 0. The Kier molecular flexibility index (Phi) is 5.22. The van der Waals surface area contributed by atoms with E-state index in [0.29, 0.717) is 12.1 Å². The molecule has 0 bridgehead atoms. The molecule has 0 aromatic rings. The molecule has 2 aliphatic rings. The first-order valence-corrected chi connectivity index (χ1v) is 6.87. The van der Waals surface area contributed by atoms with Gasteiger partial charge in [-0.05, 0) is 26.8 Å². The van der Waals surface area contributed by atoms with Crippen molar-refractivity contribution < 1.29 is 9.47 Å². The molecule has 2 fully saturated rings. The van der Waals surface area contributed by atoms with Gasteiger partial charge in [-0.25, -0.2) is 0 Å². The maximum Gasteiger partial charge on any atom is 0.0594 e. The fourth-order valence-corrected chi connectivity index (χ4v) is 2.83. The first-order valence-electron chi connectivity index (χ1n) is 6.87. The molecule has 0 amide bonds. The predicted molar refractivity (Wildman–Crippen MR) is 68.3 cm³/mol. The monoisotopic (exact) mass is 242 g/mol. The highest BCUT2D eigenvalue weighted by Gasteiger charge is 2.23. The van der Waals surface area contributed by atoms with Gasteiger partial charge >= 0.3 is 0 Å². The van der Waals surface area contributed by atoms with E-state index >= 15 is 0 Å². The maximum atomic E-state index is 5.42. The Morgan fingerprint density at radius 2 is 1.71 bits per heavy atom. The van der Waals surface area contributed by atoms with Gasteiger partial charge in [0.25, 0.3) is 0 Å². The first-order chi connectivity index (χ1) is 8.27. The summed E-state index contributed by atoms with van der Waals surface area (Å²) in [4.78, 5) is 5.06. The Morgan fingerprint density at radius 3 is 2.35 bits per heavy atom. The van der Waals surface area contributed by atoms with Crippen LogP contribution in [-0.4, -0.2) is 75.0 Å². The van der Waals surface area contributed by atoms with E-state index in [1.165, 1.54) is 12.8 Å². The van der Waals surface area contributed by atoms with Gasteiger partial charge in [-0.2, -0.15) is 0 Å². The Hall–Kier alpha value is -0.160. The molecule has 0 saturated carbocycles. The van der Waals surface area contributed by atoms with Gasteiger partial charge in [0.2, 0.25) is 0 Å². The predicted octanol–water partition coefficient (Wildman–Crippen LogP) is 0.818. The molecule has 4 nitrogen and oxygen atoms in total. The molecular formula is C13H26N2O2. The third-order valence-electron chi connectivity index (χ3n) is 4.04. The average molecular weight is 242 g/mol. The summed E-state index contributed by atoms with van der Waals surface area (Å²) in [5.41, 5.74) is 0. The largest absolute Gasteiger partial charge is 0.381 e. The van der Waals surface area contributed by atoms with Crippen molar-refractivity contribution in [2.24, 2.45) is 0 Å². The van der Waals surface area contributed by atoms with Crippen LogP contribution in [0, 0.1) is 0 Å². The van der Waals surface area contributed by atoms with Crippen LogP contribution in [0.4, 0.5) is 0 Å². The maximum absolute atomic E-state index is 5.42. The summed E-state index contributed by atoms with van der Waals surface area (Å²) in [6, 6.07) is 1.35. The molecule has 2 saturated heterocycles. The number of likely N-dealkylation sites (N-methyl/N-ethyl adjacent to an activating group) is 1. The van der Waals surface area contributed by atoms with Gasteiger partial charge in [0.1, 0.15) is 0 Å². The molecule has 17 heavy (non-hydrogen) atoms. The van der Waals surface area contributed by atoms with Gasteiger partial charge in [0, 0.05) is 44.9 Å². The molecule has 1 atom stereocenters. The number of hydrogen-bond donors (Lipinski definition) is 0. The average Bonchev–Trinajstić information content (AvgIpc) is 2.40. The molecule has 100 valence electrons. The van der Waals surface area contributed by atoms with Gasteiger partial charge in [0.05, 0.1) is 13.2 Å². The SMILES string of the molecule is C[C@@H](CN(C)C1CCOCC1)N1CCOCC1. The number of ether oxygens (including phenoxy) is 2. The van der Waals surface area contributed by atoms with Crippen molar-refractivity contribution in [3.05, 3.63) is 0 Å². The van der Waals surface area contributed by atoms with Crippen LogP contribution in [0.2, 0.25) is 0 Å². The molecular weight excluding hydrogens is 216 g/mol. The highest BCUT2D eigenvalue weighted by atomic mass is 16.5. The van der Waals surface area contributed by atoms with Gasteiger partial charge < -0.3 is 14.4 Å². The van der Waals surface area contributed by atoms with Gasteiger partial charge in [-0.1, -0.05) is 0 Å². The minimum atomic E-state index is 0.631. The highest BCUT2D eigenvalue weighted by Crippen LogP contribution is 2.14. The van der Waals surface area contributed by atoms with E-state index in [0.717, 1.165) is 46.1 Å². The van der Waals surface area contributed by atoms with Gasteiger partial charge in [-0.15, -0.1) is 0 Å². The van der Waals surface area contributed by atoms with Gasteiger partial charge in [-0.3, -0.25) is 4.90 Å². The van der Waals surface area contributed by atoms with E-state index in [2.05, 4.69) is 23.8 Å². The smallest absolute Gasteiger partial charge is 0.0594 e. The summed E-state index contributed by atoms with van der Waals surface area (Å²) in [6.45, 7) is 9.32. The zero-order valence-electron chi connectivity index (χ0n) is 11.2. The lowest BCUT2D eigenvalue weighted by Gasteiger charge is -2.38. The molecule has 4 heteroatoms. The molecule has 0 aromatic heterocycles. The number of nitrogens with zero attached hydrogens (tertiary/aromatic N) is 2. The van der Waals surface area contributed by atoms with Crippen LogP contribution < -0.4 is 0 Å². The van der Waals surface area contributed by atoms with E-state index in [4.69, 9.17) is 9.47 Å². The Morgan fingerprint density at radius 1 is 1.12 bits per heavy atom. The normalized spacial score (nSPS) is 26.3. The molecule has 2 heterocycles. The van der Waals surface area contributed by atoms with E-state index in [9.17, 15) is 0 Å². The summed E-state index contributed by atoms with van der Waals surface area (Å²) < 4.78 is 10.8. The summed E-state index contributed by atoms with van der Waals surface area (Å²) in [6.07, 6.45) is 2.37. The minimum absolute atomic E-state index is 0.631. The van der Waals surface area contributed by atoms with E-state index in [1.54, 1.807) is 0 Å². The van der Waals surface area contributed by atoms with E-state index in [-0.39, 0.29) is 0 Å². The third-order valence-corrected chi connectivity index (χ3v) is 4.04. The van der Waals surface area contributed by atoms with Crippen LogP contribution in [-0.2, 0) is 9.47 Å². The molecule has 0 aromatic carbocycles. The van der Waals surface area contributed by atoms with Crippen LogP contribution >= 0.6 is 0 Å². The van der Waals surface area contributed by atoms with Crippen molar-refractivity contribution in [1.82, 2.24) is 9.80 Å². The summed E-state index contributed by atoms with van der Waals surface area (Å²) in [7, 11) is 2.26.